The molecule has 2 aromatic carbocycles. The summed E-state index contributed by atoms with van der Waals surface area (Å²) in [5.41, 5.74) is 1.70. The summed E-state index contributed by atoms with van der Waals surface area (Å²) in [6.07, 6.45) is 2.37. The standard InChI is InChI=1S/C28H35ClN2O5Si/c1-18-26(37(2,3)35)24(12-14-32)36-28(18)22-16-20(29)10-11-23(22)31(27(28)34)17-19-7-6-8-21(15-19)30-13-5-4-9-25(30)33/h6-8,10-11,15-16,18,24,26,32,35H,4-5,9,12-14,17H2,1-3H3/t18-,24+,26-,28+/m1/s1. The van der Waals surface area contributed by atoms with Gasteiger partial charge >= 0.3 is 0 Å². The SMILES string of the molecule is C[C@@H]1[C@@H]([Si](C)(C)O)[C@H](CCO)O[C@@]12C(=O)N(Cc1cccc(N3CCCCC3=O)c1)c1ccc(Cl)cc12. The summed E-state index contributed by atoms with van der Waals surface area (Å²) in [5, 5.41) is 10.3. The molecule has 0 unspecified atom stereocenters. The summed E-state index contributed by atoms with van der Waals surface area (Å²) >= 11 is 6.43. The second-order valence-corrected chi connectivity index (χ2v) is 15.5. The second kappa shape index (κ2) is 9.82. The second-order valence-electron chi connectivity index (χ2n) is 11.1. The number of anilines is 2. The molecule has 3 aliphatic rings. The molecular weight excluding hydrogens is 508 g/mol. The summed E-state index contributed by atoms with van der Waals surface area (Å²) < 4.78 is 6.61. The molecule has 4 atom stereocenters. The van der Waals surface area contributed by atoms with Crippen molar-refractivity contribution in [2.24, 2.45) is 5.92 Å². The van der Waals surface area contributed by atoms with E-state index in [-0.39, 0.29) is 29.9 Å². The fourth-order valence-corrected chi connectivity index (χ4v) is 9.46. The van der Waals surface area contributed by atoms with Crippen LogP contribution < -0.4 is 9.80 Å². The molecule has 0 radical (unpaired) electrons. The van der Waals surface area contributed by atoms with E-state index in [1.54, 1.807) is 17.0 Å². The van der Waals surface area contributed by atoms with Gasteiger partial charge in [-0.1, -0.05) is 30.7 Å². The number of halogens is 1. The molecule has 198 valence electrons. The van der Waals surface area contributed by atoms with Crippen LogP contribution in [0.5, 0.6) is 0 Å². The van der Waals surface area contributed by atoms with Crippen LogP contribution in [0.4, 0.5) is 11.4 Å². The molecule has 2 aromatic rings. The van der Waals surface area contributed by atoms with E-state index in [0.717, 1.165) is 29.8 Å². The van der Waals surface area contributed by atoms with Crippen molar-refractivity contribution in [1.82, 2.24) is 0 Å². The predicted molar refractivity (Wildman–Crippen MR) is 146 cm³/mol. The van der Waals surface area contributed by atoms with E-state index in [4.69, 9.17) is 16.3 Å². The molecule has 5 rings (SSSR count). The van der Waals surface area contributed by atoms with Gasteiger partial charge in [0.2, 0.25) is 5.91 Å². The number of aliphatic hydroxyl groups excluding tert-OH is 1. The van der Waals surface area contributed by atoms with Crippen molar-refractivity contribution >= 4 is 43.1 Å². The van der Waals surface area contributed by atoms with Gasteiger partial charge in [-0.05, 0) is 68.3 Å². The van der Waals surface area contributed by atoms with Gasteiger partial charge in [-0.3, -0.25) is 9.59 Å². The first-order valence-electron chi connectivity index (χ1n) is 13.1. The lowest BCUT2D eigenvalue weighted by atomic mass is 9.82. The van der Waals surface area contributed by atoms with E-state index < -0.39 is 20.0 Å². The van der Waals surface area contributed by atoms with E-state index in [1.165, 1.54) is 0 Å². The number of hydrogen-bond donors (Lipinski definition) is 2. The van der Waals surface area contributed by atoms with Crippen LogP contribution in [0.2, 0.25) is 23.7 Å². The van der Waals surface area contributed by atoms with Crippen LogP contribution in [0, 0.1) is 5.92 Å². The number of hydrogen-bond acceptors (Lipinski definition) is 5. The number of aliphatic hydroxyl groups is 1. The molecule has 0 bridgehead atoms. The summed E-state index contributed by atoms with van der Waals surface area (Å²) in [4.78, 5) is 41.6. The third-order valence-corrected chi connectivity index (χ3v) is 11.0. The zero-order chi connectivity index (χ0) is 26.5. The van der Waals surface area contributed by atoms with Crippen LogP contribution in [0.25, 0.3) is 0 Å². The number of rotatable bonds is 6. The van der Waals surface area contributed by atoms with Gasteiger partial charge in [0.15, 0.2) is 13.9 Å². The van der Waals surface area contributed by atoms with Gasteiger partial charge in [-0.2, -0.15) is 0 Å². The maximum Gasteiger partial charge on any atom is 0.264 e. The molecular formula is C28H35ClN2O5Si. The third-order valence-electron chi connectivity index (χ3n) is 8.25. The number of nitrogens with zero attached hydrogens (tertiary/aromatic N) is 2. The predicted octanol–water partition coefficient (Wildman–Crippen LogP) is 4.58. The zero-order valence-electron chi connectivity index (χ0n) is 21.6. The normalized spacial score (nSPS) is 27.9. The molecule has 7 nitrogen and oxygen atoms in total. The molecule has 9 heteroatoms. The molecule has 2 saturated heterocycles. The number of amides is 2. The van der Waals surface area contributed by atoms with Crippen LogP contribution in [0.3, 0.4) is 0 Å². The molecule has 3 heterocycles. The third kappa shape index (κ3) is 4.42. The first kappa shape index (κ1) is 26.4. The highest BCUT2D eigenvalue weighted by Gasteiger charge is 2.66. The smallest absolute Gasteiger partial charge is 0.264 e. The summed E-state index contributed by atoms with van der Waals surface area (Å²) in [6, 6.07) is 13.2. The van der Waals surface area contributed by atoms with Gasteiger partial charge in [0.05, 0.1) is 18.3 Å². The van der Waals surface area contributed by atoms with Crippen LogP contribution >= 0.6 is 11.6 Å². The molecule has 0 saturated carbocycles. The average molecular weight is 543 g/mol. The van der Waals surface area contributed by atoms with Gasteiger partial charge < -0.3 is 24.4 Å². The molecule has 0 aliphatic carbocycles. The van der Waals surface area contributed by atoms with Crippen LogP contribution in [-0.4, -0.2) is 49.3 Å². The van der Waals surface area contributed by atoms with Gasteiger partial charge in [-0.15, -0.1) is 0 Å². The maximum absolute atomic E-state index is 14.3. The summed E-state index contributed by atoms with van der Waals surface area (Å²) in [6.45, 7) is 6.64. The number of fused-ring (bicyclic) bond motifs is 2. The van der Waals surface area contributed by atoms with Crippen molar-refractivity contribution in [2.45, 2.75) is 69.5 Å². The summed E-state index contributed by atoms with van der Waals surface area (Å²) in [5.74, 6) is -0.354. The van der Waals surface area contributed by atoms with Crippen molar-refractivity contribution in [3.63, 3.8) is 0 Å². The van der Waals surface area contributed by atoms with Crippen LogP contribution in [0.1, 0.15) is 43.7 Å². The molecule has 2 N–H and O–H groups in total. The number of piperidine rings is 1. The number of benzene rings is 2. The quantitative estimate of drug-likeness (QED) is 0.521. The lowest BCUT2D eigenvalue weighted by Crippen LogP contribution is -2.46. The van der Waals surface area contributed by atoms with Crippen LogP contribution in [0.15, 0.2) is 42.5 Å². The fourth-order valence-electron chi connectivity index (χ4n) is 6.69. The van der Waals surface area contributed by atoms with Gasteiger partial charge in [0, 0.05) is 47.3 Å². The Morgan fingerprint density at radius 3 is 2.65 bits per heavy atom. The van der Waals surface area contributed by atoms with Crippen LogP contribution in [-0.2, 0) is 26.5 Å². The molecule has 1 spiro atoms. The van der Waals surface area contributed by atoms with E-state index in [0.29, 0.717) is 36.5 Å². The largest absolute Gasteiger partial charge is 0.432 e. The molecule has 3 aliphatic heterocycles. The Morgan fingerprint density at radius 2 is 1.95 bits per heavy atom. The Hall–Kier alpha value is -2.23. The Labute approximate surface area is 224 Å². The van der Waals surface area contributed by atoms with E-state index in [1.807, 2.05) is 55.2 Å². The monoisotopic (exact) mass is 542 g/mol. The van der Waals surface area contributed by atoms with E-state index in [2.05, 4.69) is 0 Å². The van der Waals surface area contributed by atoms with Gasteiger partial charge in [0.1, 0.15) is 0 Å². The highest BCUT2D eigenvalue weighted by atomic mass is 35.5. The zero-order valence-corrected chi connectivity index (χ0v) is 23.4. The number of carbonyl (C=O) groups excluding carboxylic acids is 2. The Bertz CT molecular complexity index is 1220. The van der Waals surface area contributed by atoms with Gasteiger partial charge in [-0.25, -0.2) is 0 Å². The number of carbonyl (C=O) groups is 2. The first-order chi connectivity index (χ1) is 17.6. The van der Waals surface area contributed by atoms with E-state index >= 15 is 0 Å². The lowest BCUT2D eigenvalue weighted by molar-refractivity contribution is -0.146. The fraction of sp³-hybridized carbons (Fsp3) is 0.500. The first-order valence-corrected chi connectivity index (χ1v) is 16.5. The number of ether oxygens (including phenoxy) is 1. The Kier molecular flexibility index (Phi) is 7.00. The highest BCUT2D eigenvalue weighted by Crippen LogP contribution is 2.60. The van der Waals surface area contributed by atoms with Crippen molar-refractivity contribution in [3.05, 3.63) is 58.6 Å². The summed E-state index contributed by atoms with van der Waals surface area (Å²) in [7, 11) is -2.75. The maximum atomic E-state index is 14.3. The Balaban J connectivity index is 1.53. The van der Waals surface area contributed by atoms with Crippen molar-refractivity contribution in [2.75, 3.05) is 23.0 Å². The lowest BCUT2D eigenvalue weighted by Gasteiger charge is -2.32. The van der Waals surface area contributed by atoms with E-state index in [9.17, 15) is 19.5 Å². The molecule has 37 heavy (non-hydrogen) atoms. The molecule has 0 aromatic heterocycles. The van der Waals surface area contributed by atoms with Crippen molar-refractivity contribution in [1.29, 1.82) is 0 Å². The highest BCUT2D eigenvalue weighted by molar-refractivity contribution is 6.71. The molecule has 2 fully saturated rings. The van der Waals surface area contributed by atoms with Crippen molar-refractivity contribution in [3.8, 4) is 0 Å². The minimum atomic E-state index is -2.75. The topological polar surface area (TPSA) is 90.3 Å². The van der Waals surface area contributed by atoms with Crippen molar-refractivity contribution < 1.29 is 24.2 Å². The minimum Gasteiger partial charge on any atom is -0.432 e. The Morgan fingerprint density at radius 1 is 1.16 bits per heavy atom. The average Bonchev–Trinajstić information content (AvgIpc) is 3.26. The van der Waals surface area contributed by atoms with Gasteiger partial charge in [0.25, 0.3) is 5.91 Å². The minimum absolute atomic E-state index is 0.0865. The molecule has 2 amide bonds.